The van der Waals surface area contributed by atoms with Gasteiger partial charge in [0.15, 0.2) is 0 Å². The first kappa shape index (κ1) is 20.9. The highest BCUT2D eigenvalue weighted by Gasteiger charge is 2.16. The molecule has 0 aliphatic heterocycles. The lowest BCUT2D eigenvalue weighted by molar-refractivity contribution is -0.156. The average molecular weight is 314 g/mol. The Morgan fingerprint density at radius 1 is 0.591 bits per heavy atom. The number of ether oxygens (including phenoxy) is 2. The number of esters is 2. The largest absolute Gasteiger partial charge is 0.460 e. The molecule has 0 saturated carbocycles. The molecule has 0 unspecified atom stereocenters. The van der Waals surface area contributed by atoms with E-state index in [1.807, 2.05) is 41.5 Å². The Morgan fingerprint density at radius 3 is 1.14 bits per heavy atom. The first-order valence-electron chi connectivity index (χ1n) is 8.43. The third kappa shape index (κ3) is 15.3. The van der Waals surface area contributed by atoms with Crippen LogP contribution in [-0.4, -0.2) is 23.1 Å². The molecule has 0 aliphatic carbocycles. The monoisotopic (exact) mass is 314 g/mol. The molecule has 0 fully saturated rings. The summed E-state index contributed by atoms with van der Waals surface area (Å²) in [7, 11) is 0. The van der Waals surface area contributed by atoms with Crippen molar-refractivity contribution in [2.75, 3.05) is 0 Å². The summed E-state index contributed by atoms with van der Waals surface area (Å²) in [6, 6.07) is 0. The lowest BCUT2D eigenvalue weighted by Crippen LogP contribution is -2.23. The second-order valence-electron chi connectivity index (χ2n) is 7.79. The van der Waals surface area contributed by atoms with Crippen molar-refractivity contribution in [1.29, 1.82) is 0 Å². The summed E-state index contributed by atoms with van der Waals surface area (Å²) in [4.78, 5) is 23.0. The van der Waals surface area contributed by atoms with Crippen molar-refractivity contribution in [3.63, 3.8) is 0 Å². The van der Waals surface area contributed by atoms with Crippen LogP contribution in [-0.2, 0) is 19.1 Å². The second-order valence-corrected chi connectivity index (χ2v) is 7.79. The van der Waals surface area contributed by atoms with E-state index in [-0.39, 0.29) is 11.9 Å². The molecule has 0 aromatic rings. The summed E-state index contributed by atoms with van der Waals surface area (Å²) in [5.41, 5.74) is -0.780. The van der Waals surface area contributed by atoms with Gasteiger partial charge in [-0.1, -0.05) is 25.7 Å². The van der Waals surface area contributed by atoms with E-state index in [1.54, 1.807) is 0 Å². The van der Waals surface area contributed by atoms with Crippen LogP contribution in [0.3, 0.4) is 0 Å². The summed E-state index contributed by atoms with van der Waals surface area (Å²) in [6.07, 6.45) is 7.00. The predicted octanol–water partition coefficient (Wildman–Crippen LogP) is 4.79. The Morgan fingerprint density at radius 2 is 0.864 bits per heavy atom. The molecule has 0 aliphatic rings. The fourth-order valence-corrected chi connectivity index (χ4v) is 2.03. The SMILES string of the molecule is CC(C)(C)OC(=O)CCCCCCCCC(=O)OC(C)(C)C. The fourth-order valence-electron chi connectivity index (χ4n) is 2.03. The second kappa shape index (κ2) is 9.86. The number of hydrogen-bond donors (Lipinski definition) is 0. The van der Waals surface area contributed by atoms with Gasteiger partial charge in [0, 0.05) is 12.8 Å². The highest BCUT2D eigenvalue weighted by atomic mass is 16.6. The predicted molar refractivity (Wildman–Crippen MR) is 88.6 cm³/mol. The third-order valence-corrected chi connectivity index (χ3v) is 2.85. The molecule has 0 amide bonds. The quantitative estimate of drug-likeness (QED) is 0.453. The molecule has 0 saturated heterocycles. The first-order chi connectivity index (χ1) is 9.99. The summed E-state index contributed by atoms with van der Waals surface area (Å²) < 4.78 is 10.5. The molecule has 4 heteroatoms. The summed E-state index contributed by atoms with van der Waals surface area (Å²) in [5.74, 6) is -0.227. The number of rotatable bonds is 9. The molecule has 0 radical (unpaired) electrons. The van der Waals surface area contributed by atoms with Gasteiger partial charge in [-0.25, -0.2) is 0 Å². The van der Waals surface area contributed by atoms with Gasteiger partial charge in [-0.3, -0.25) is 9.59 Å². The smallest absolute Gasteiger partial charge is 0.306 e. The van der Waals surface area contributed by atoms with Crippen molar-refractivity contribution in [3.8, 4) is 0 Å². The lowest BCUT2D eigenvalue weighted by atomic mass is 10.1. The molecule has 130 valence electrons. The third-order valence-electron chi connectivity index (χ3n) is 2.85. The number of unbranched alkanes of at least 4 members (excludes halogenated alkanes) is 5. The molecule has 0 spiro atoms. The van der Waals surface area contributed by atoms with Crippen LogP contribution in [0.5, 0.6) is 0 Å². The van der Waals surface area contributed by atoms with E-state index in [2.05, 4.69) is 0 Å². The van der Waals surface area contributed by atoms with E-state index in [4.69, 9.17) is 9.47 Å². The van der Waals surface area contributed by atoms with Crippen molar-refractivity contribution in [2.24, 2.45) is 0 Å². The van der Waals surface area contributed by atoms with Crippen LogP contribution in [0, 0.1) is 0 Å². The minimum absolute atomic E-state index is 0.113. The highest BCUT2D eigenvalue weighted by Crippen LogP contribution is 2.14. The summed E-state index contributed by atoms with van der Waals surface area (Å²) in [5, 5.41) is 0. The van der Waals surface area contributed by atoms with Gasteiger partial charge in [0.2, 0.25) is 0 Å². The minimum Gasteiger partial charge on any atom is -0.460 e. The van der Waals surface area contributed by atoms with Gasteiger partial charge in [-0.2, -0.15) is 0 Å². The van der Waals surface area contributed by atoms with Crippen LogP contribution < -0.4 is 0 Å². The lowest BCUT2D eigenvalue weighted by Gasteiger charge is -2.19. The average Bonchev–Trinajstić information content (AvgIpc) is 2.27. The topological polar surface area (TPSA) is 52.6 Å². The van der Waals surface area contributed by atoms with Crippen LogP contribution in [0.25, 0.3) is 0 Å². The van der Waals surface area contributed by atoms with Gasteiger partial charge >= 0.3 is 11.9 Å². The van der Waals surface area contributed by atoms with Crippen molar-refractivity contribution in [2.45, 2.75) is 104 Å². The Kier molecular flexibility index (Phi) is 9.38. The summed E-state index contributed by atoms with van der Waals surface area (Å²) >= 11 is 0. The molecule has 0 N–H and O–H groups in total. The standard InChI is InChI=1S/C18H34O4/c1-17(2,3)21-15(19)13-11-9-7-8-10-12-14-16(20)22-18(4,5)6/h7-14H2,1-6H3. The Labute approximate surface area is 135 Å². The molecule has 0 atom stereocenters. The molecule has 0 aromatic carbocycles. The molecule has 0 aromatic heterocycles. The maximum absolute atomic E-state index is 11.5. The molecular formula is C18H34O4. The van der Waals surface area contributed by atoms with Crippen molar-refractivity contribution in [3.05, 3.63) is 0 Å². The molecule has 0 heterocycles. The van der Waals surface area contributed by atoms with Crippen LogP contribution >= 0.6 is 0 Å². The number of hydrogen-bond acceptors (Lipinski definition) is 4. The van der Waals surface area contributed by atoms with Crippen LogP contribution in [0.4, 0.5) is 0 Å². The van der Waals surface area contributed by atoms with Gasteiger partial charge in [-0.15, -0.1) is 0 Å². The van der Waals surface area contributed by atoms with Crippen molar-refractivity contribution >= 4 is 11.9 Å². The Bertz CT molecular complexity index is 300. The zero-order valence-electron chi connectivity index (χ0n) is 15.3. The van der Waals surface area contributed by atoms with Gasteiger partial charge in [-0.05, 0) is 54.4 Å². The van der Waals surface area contributed by atoms with Crippen molar-refractivity contribution in [1.82, 2.24) is 0 Å². The number of carbonyl (C=O) groups is 2. The first-order valence-corrected chi connectivity index (χ1v) is 8.43. The maximum atomic E-state index is 11.5. The minimum atomic E-state index is -0.390. The van der Waals surface area contributed by atoms with E-state index < -0.39 is 11.2 Å². The summed E-state index contributed by atoms with van der Waals surface area (Å²) in [6.45, 7) is 11.3. The van der Waals surface area contributed by atoms with Crippen LogP contribution in [0.1, 0.15) is 92.9 Å². The zero-order chi connectivity index (χ0) is 17.2. The zero-order valence-corrected chi connectivity index (χ0v) is 15.3. The molecular weight excluding hydrogens is 280 g/mol. The molecule has 0 rings (SSSR count). The van der Waals surface area contributed by atoms with E-state index >= 15 is 0 Å². The fraction of sp³-hybridized carbons (Fsp3) is 0.889. The van der Waals surface area contributed by atoms with Crippen LogP contribution in [0.15, 0.2) is 0 Å². The van der Waals surface area contributed by atoms with Crippen LogP contribution in [0.2, 0.25) is 0 Å². The van der Waals surface area contributed by atoms with Gasteiger partial charge in [0.05, 0.1) is 0 Å². The Hall–Kier alpha value is -1.06. The van der Waals surface area contributed by atoms with E-state index in [1.165, 1.54) is 0 Å². The Balaban J connectivity index is 3.45. The van der Waals surface area contributed by atoms with E-state index in [0.717, 1.165) is 38.5 Å². The van der Waals surface area contributed by atoms with Gasteiger partial charge < -0.3 is 9.47 Å². The molecule has 0 bridgehead atoms. The maximum Gasteiger partial charge on any atom is 0.306 e. The number of carbonyl (C=O) groups excluding carboxylic acids is 2. The molecule has 4 nitrogen and oxygen atoms in total. The van der Waals surface area contributed by atoms with Gasteiger partial charge in [0.1, 0.15) is 11.2 Å². The van der Waals surface area contributed by atoms with Gasteiger partial charge in [0.25, 0.3) is 0 Å². The van der Waals surface area contributed by atoms with E-state index in [9.17, 15) is 9.59 Å². The molecule has 22 heavy (non-hydrogen) atoms. The highest BCUT2D eigenvalue weighted by molar-refractivity contribution is 5.70. The van der Waals surface area contributed by atoms with Crippen molar-refractivity contribution < 1.29 is 19.1 Å². The normalized spacial score (nSPS) is 12.1. The van der Waals surface area contributed by atoms with E-state index in [0.29, 0.717) is 12.8 Å².